The van der Waals surface area contributed by atoms with Crippen molar-refractivity contribution in [3.05, 3.63) is 59.3 Å². The van der Waals surface area contributed by atoms with E-state index in [1.54, 1.807) is 0 Å². The number of aliphatic carboxylic acids is 1. The first-order valence-corrected chi connectivity index (χ1v) is 12.6. The number of hydrogen-bond donors (Lipinski definition) is 3. The van der Waals surface area contributed by atoms with Gasteiger partial charge in [-0.3, -0.25) is 14.5 Å². The van der Waals surface area contributed by atoms with E-state index in [1.807, 2.05) is 36.9 Å². The van der Waals surface area contributed by atoms with Gasteiger partial charge in [0, 0.05) is 34.0 Å². The van der Waals surface area contributed by atoms with E-state index in [9.17, 15) is 19.5 Å². The third-order valence-corrected chi connectivity index (χ3v) is 7.20. The van der Waals surface area contributed by atoms with E-state index in [2.05, 4.69) is 26.4 Å². The quantitative estimate of drug-likeness (QED) is 0.104. The summed E-state index contributed by atoms with van der Waals surface area (Å²) in [5.74, 6) is -2.12. The zero-order chi connectivity index (χ0) is 26.0. The number of fused-ring (bicyclic) bond motifs is 1. The monoisotopic (exact) mass is 530 g/mol. The molecule has 0 saturated carbocycles. The van der Waals surface area contributed by atoms with Crippen LogP contribution in [0.5, 0.6) is 0 Å². The zero-order valence-corrected chi connectivity index (χ0v) is 21.1. The Bertz CT molecular complexity index is 1290. The molecule has 2 amide bonds. The van der Waals surface area contributed by atoms with E-state index in [0.29, 0.717) is 17.9 Å². The number of pyridine rings is 1. The maximum absolute atomic E-state index is 13.0. The van der Waals surface area contributed by atoms with Gasteiger partial charge in [0.15, 0.2) is 24.1 Å². The van der Waals surface area contributed by atoms with E-state index in [1.165, 1.54) is 22.7 Å². The third-order valence-electron chi connectivity index (χ3n) is 5.32. The molecule has 0 bridgehead atoms. The molecule has 4 heterocycles. The molecule has 14 heteroatoms. The third kappa shape index (κ3) is 5.09. The lowest BCUT2D eigenvalue weighted by Crippen LogP contribution is -2.71. The Morgan fingerprint density at radius 2 is 2.14 bits per heavy atom. The standard InChI is InChI=1S/C22H23N7O5S2/c1-4-5-34-26-14(17-25-22(23)36-27-17)18(30)24-15-19(31)29-16(21(32)33)13(10-35-20(15)29)9-28-7-11(2)6-12(3)8-28/h4,6-8,15,20H,1,5,9-10H2,2-3H3,(H3-,23,24,25,27,30,32,33)/p+1/t15?,20-/m0/s1. The minimum atomic E-state index is -1.19. The molecule has 2 aliphatic heterocycles. The second kappa shape index (κ2) is 10.5. The van der Waals surface area contributed by atoms with E-state index in [4.69, 9.17) is 10.6 Å². The predicted molar refractivity (Wildman–Crippen MR) is 133 cm³/mol. The molecule has 0 spiro atoms. The van der Waals surface area contributed by atoms with Gasteiger partial charge in [-0.25, -0.2) is 9.36 Å². The van der Waals surface area contributed by atoms with Crippen molar-refractivity contribution >= 4 is 51.9 Å². The van der Waals surface area contributed by atoms with Gasteiger partial charge >= 0.3 is 5.97 Å². The Balaban J connectivity index is 1.54. The van der Waals surface area contributed by atoms with Gasteiger partial charge in [-0.2, -0.15) is 9.36 Å². The van der Waals surface area contributed by atoms with Crippen LogP contribution in [0.4, 0.5) is 5.13 Å². The first-order chi connectivity index (χ1) is 17.2. The molecular weight excluding hydrogens is 506 g/mol. The van der Waals surface area contributed by atoms with E-state index >= 15 is 0 Å². The van der Waals surface area contributed by atoms with Crippen LogP contribution in [0.1, 0.15) is 17.0 Å². The van der Waals surface area contributed by atoms with Crippen molar-refractivity contribution < 1.29 is 28.9 Å². The van der Waals surface area contributed by atoms with Gasteiger partial charge in [0.05, 0.1) is 0 Å². The number of thioether (sulfide) groups is 1. The fourth-order valence-corrected chi connectivity index (χ4v) is 5.76. The molecule has 1 saturated heterocycles. The number of β-lactam (4-membered cyclic amide) rings is 1. The van der Waals surface area contributed by atoms with Crippen molar-refractivity contribution in [2.24, 2.45) is 5.16 Å². The summed E-state index contributed by atoms with van der Waals surface area (Å²) in [6.45, 7) is 7.81. The van der Waals surface area contributed by atoms with Gasteiger partial charge in [0.25, 0.3) is 11.8 Å². The highest BCUT2D eigenvalue weighted by molar-refractivity contribution is 8.00. The van der Waals surface area contributed by atoms with Crippen molar-refractivity contribution in [2.45, 2.75) is 31.8 Å². The number of oxime groups is 1. The van der Waals surface area contributed by atoms with E-state index in [-0.39, 0.29) is 29.0 Å². The number of carbonyl (C=O) groups excluding carboxylic acids is 2. The lowest BCUT2D eigenvalue weighted by molar-refractivity contribution is -0.689. The van der Waals surface area contributed by atoms with Crippen LogP contribution in [0.15, 0.2) is 47.5 Å². The molecule has 0 radical (unpaired) electrons. The number of carboxylic acid groups (broad SMARTS) is 1. The minimum Gasteiger partial charge on any atom is -0.477 e. The second-order valence-electron chi connectivity index (χ2n) is 8.16. The number of nitrogens with zero attached hydrogens (tertiary/aromatic N) is 5. The molecule has 2 atom stereocenters. The smallest absolute Gasteiger partial charge is 0.352 e. The minimum absolute atomic E-state index is 0.0407. The summed E-state index contributed by atoms with van der Waals surface area (Å²) in [5, 5.41) is 15.9. The fourth-order valence-electron chi connectivity index (χ4n) is 3.99. The molecule has 0 aliphatic carbocycles. The molecule has 2 aliphatic rings. The lowest BCUT2D eigenvalue weighted by atomic mass is 10.0. The molecule has 4 N–H and O–H groups in total. The highest BCUT2D eigenvalue weighted by atomic mass is 32.2. The summed E-state index contributed by atoms with van der Waals surface area (Å²) in [7, 11) is 0. The van der Waals surface area contributed by atoms with Gasteiger partial charge in [0.1, 0.15) is 23.7 Å². The average molecular weight is 531 g/mol. The highest BCUT2D eigenvalue weighted by Gasteiger charge is 2.54. The largest absolute Gasteiger partial charge is 0.477 e. The molecule has 12 nitrogen and oxygen atoms in total. The summed E-state index contributed by atoms with van der Waals surface area (Å²) in [6.07, 6.45) is 5.29. The number of rotatable bonds is 9. The number of anilines is 1. The van der Waals surface area contributed by atoms with Gasteiger partial charge in [-0.15, -0.1) is 11.8 Å². The van der Waals surface area contributed by atoms with E-state index in [0.717, 1.165) is 22.7 Å². The van der Waals surface area contributed by atoms with Crippen molar-refractivity contribution in [3.63, 3.8) is 0 Å². The normalized spacial score (nSPS) is 19.4. The number of carbonyl (C=O) groups is 3. The predicted octanol–water partition coefficient (Wildman–Crippen LogP) is 0.370. The SMILES string of the molecule is C=CCON=C(C(=O)NC1C(=O)N2C(C(=O)O)=C(C[n+]3cc(C)cc(C)c3)CS[C@@H]12)c1nsc(N)n1. The van der Waals surface area contributed by atoms with Gasteiger partial charge in [-0.05, 0) is 19.9 Å². The number of amides is 2. The maximum Gasteiger partial charge on any atom is 0.352 e. The maximum atomic E-state index is 13.0. The van der Waals surface area contributed by atoms with Crippen LogP contribution < -0.4 is 15.6 Å². The Morgan fingerprint density at radius 1 is 1.42 bits per heavy atom. The first kappa shape index (κ1) is 25.3. The molecule has 0 aromatic carbocycles. The summed E-state index contributed by atoms with van der Waals surface area (Å²) < 4.78 is 5.89. The van der Waals surface area contributed by atoms with E-state index < -0.39 is 29.2 Å². The van der Waals surface area contributed by atoms with Crippen LogP contribution in [0.2, 0.25) is 0 Å². The number of carboxylic acids is 1. The molecule has 4 rings (SSSR count). The van der Waals surface area contributed by atoms with Crippen molar-refractivity contribution in [2.75, 3.05) is 18.1 Å². The number of aromatic nitrogens is 3. The molecule has 188 valence electrons. The Kier molecular flexibility index (Phi) is 7.35. The summed E-state index contributed by atoms with van der Waals surface area (Å²) >= 11 is 2.26. The number of nitrogens with two attached hydrogens (primary N) is 1. The van der Waals surface area contributed by atoms with Crippen LogP contribution in [0.3, 0.4) is 0 Å². The van der Waals surface area contributed by atoms with Crippen LogP contribution in [-0.2, 0) is 25.8 Å². The molecule has 1 unspecified atom stereocenters. The summed E-state index contributed by atoms with van der Waals surface area (Å²) in [4.78, 5) is 48.4. The molecule has 2 aromatic rings. The van der Waals surface area contributed by atoms with Crippen molar-refractivity contribution in [3.8, 4) is 0 Å². The number of aryl methyl sites for hydroxylation is 2. The second-order valence-corrected chi connectivity index (χ2v) is 10.1. The van der Waals surface area contributed by atoms with Crippen molar-refractivity contribution in [1.29, 1.82) is 0 Å². The molecular formula is C22H24N7O5S2+. The Morgan fingerprint density at radius 3 is 2.75 bits per heavy atom. The highest BCUT2D eigenvalue weighted by Crippen LogP contribution is 2.40. The number of hydrogen-bond acceptors (Lipinski definition) is 10. The van der Waals surface area contributed by atoms with Crippen molar-refractivity contribution in [1.82, 2.24) is 19.6 Å². The van der Waals surface area contributed by atoms with Gasteiger partial charge in [0.2, 0.25) is 11.5 Å². The van der Waals surface area contributed by atoms with Crippen LogP contribution >= 0.6 is 23.3 Å². The number of nitrogens with one attached hydrogen (secondary N) is 1. The van der Waals surface area contributed by atoms with Crippen LogP contribution in [0, 0.1) is 13.8 Å². The molecule has 1 fully saturated rings. The Labute approximate surface area is 214 Å². The Hall–Kier alpha value is -3.78. The van der Waals surface area contributed by atoms with Crippen LogP contribution in [-0.4, -0.2) is 66.6 Å². The zero-order valence-electron chi connectivity index (χ0n) is 19.5. The van der Waals surface area contributed by atoms with Crippen LogP contribution in [0.25, 0.3) is 0 Å². The van der Waals surface area contributed by atoms with Gasteiger partial charge < -0.3 is 21.0 Å². The topological polar surface area (TPSA) is 164 Å². The average Bonchev–Trinajstić information content (AvgIpc) is 3.24. The first-order valence-electron chi connectivity index (χ1n) is 10.8. The summed E-state index contributed by atoms with van der Waals surface area (Å²) in [6, 6.07) is 1.07. The molecule has 2 aromatic heterocycles. The van der Waals surface area contributed by atoms with Gasteiger partial charge in [-0.1, -0.05) is 17.8 Å². The lowest BCUT2D eigenvalue weighted by Gasteiger charge is -2.49. The molecule has 36 heavy (non-hydrogen) atoms. The summed E-state index contributed by atoms with van der Waals surface area (Å²) in [5.41, 5.74) is 8.01. The number of nitrogen functional groups attached to an aromatic ring is 1. The fraction of sp³-hybridized carbons (Fsp3) is 0.318.